The Labute approximate surface area is 119 Å². The normalized spacial score (nSPS) is 10.3. The van der Waals surface area contributed by atoms with Gasteiger partial charge in [0.15, 0.2) is 5.13 Å². The fourth-order valence-electron chi connectivity index (χ4n) is 1.65. The smallest absolute Gasteiger partial charge is 0.311 e. The first kappa shape index (κ1) is 14.3. The summed E-state index contributed by atoms with van der Waals surface area (Å²) >= 11 is 1.26. The molecule has 2 heterocycles. The lowest BCUT2D eigenvalue weighted by molar-refractivity contribution is -0.139. The molecule has 2 rings (SSSR count). The number of thiazole rings is 1. The van der Waals surface area contributed by atoms with Gasteiger partial charge in [-0.1, -0.05) is 6.92 Å². The predicted octanol–water partition coefficient (Wildman–Crippen LogP) is 2.27. The van der Waals surface area contributed by atoms with Crippen LogP contribution in [0.15, 0.2) is 22.1 Å². The predicted molar refractivity (Wildman–Crippen MR) is 73.9 cm³/mol. The maximum Gasteiger partial charge on any atom is 0.311 e. The van der Waals surface area contributed by atoms with Gasteiger partial charge in [0.25, 0.3) is 5.91 Å². The van der Waals surface area contributed by atoms with E-state index >= 15 is 0 Å². The van der Waals surface area contributed by atoms with Gasteiger partial charge in [-0.25, -0.2) is 4.98 Å². The van der Waals surface area contributed by atoms with Crippen molar-refractivity contribution in [1.82, 2.24) is 4.98 Å². The van der Waals surface area contributed by atoms with Gasteiger partial charge < -0.3 is 9.15 Å². The average Bonchev–Trinajstić information content (AvgIpc) is 3.07. The number of furan rings is 1. The van der Waals surface area contributed by atoms with Crippen molar-refractivity contribution in [2.24, 2.45) is 0 Å². The molecule has 0 aliphatic heterocycles. The van der Waals surface area contributed by atoms with Crippen LogP contribution < -0.4 is 5.32 Å². The van der Waals surface area contributed by atoms with Crippen molar-refractivity contribution >= 4 is 28.3 Å². The molecule has 0 spiro atoms. The van der Waals surface area contributed by atoms with Crippen LogP contribution in [0.1, 0.15) is 28.7 Å². The Morgan fingerprint density at radius 1 is 1.50 bits per heavy atom. The molecule has 1 amide bonds. The van der Waals surface area contributed by atoms with Crippen molar-refractivity contribution in [3.8, 4) is 0 Å². The number of ether oxygens (including phenoxy) is 1. The van der Waals surface area contributed by atoms with Crippen LogP contribution >= 0.6 is 11.3 Å². The van der Waals surface area contributed by atoms with Crippen molar-refractivity contribution in [2.75, 3.05) is 12.4 Å². The summed E-state index contributed by atoms with van der Waals surface area (Å²) < 4.78 is 9.77. The molecule has 0 bridgehead atoms. The minimum absolute atomic E-state index is 0.0921. The van der Waals surface area contributed by atoms with Crippen molar-refractivity contribution in [3.05, 3.63) is 34.7 Å². The number of anilines is 1. The Hall–Kier alpha value is -2.15. The number of hydrogen-bond donors (Lipinski definition) is 1. The molecule has 0 aliphatic carbocycles. The molecule has 6 nitrogen and oxygen atoms in total. The standard InChI is InChI=1S/C13H14N2O4S/c1-3-10-9(4-5-19-10)12(17)15-13-14-8(7-20-13)6-11(16)18-2/h4-5,7H,3,6H2,1-2H3,(H,14,15,17). The molecule has 0 saturated carbocycles. The average molecular weight is 294 g/mol. The van der Waals surface area contributed by atoms with Gasteiger partial charge in [-0.05, 0) is 6.07 Å². The Kier molecular flexibility index (Phi) is 4.52. The zero-order valence-corrected chi connectivity index (χ0v) is 12.0. The van der Waals surface area contributed by atoms with Crippen LogP contribution in [0, 0.1) is 0 Å². The number of nitrogens with zero attached hydrogens (tertiary/aromatic N) is 1. The highest BCUT2D eigenvalue weighted by molar-refractivity contribution is 7.14. The summed E-state index contributed by atoms with van der Waals surface area (Å²) in [5.74, 6) is -0.000288. The summed E-state index contributed by atoms with van der Waals surface area (Å²) in [5, 5.41) is 4.84. The van der Waals surface area contributed by atoms with E-state index in [4.69, 9.17) is 4.42 Å². The summed E-state index contributed by atoms with van der Waals surface area (Å²) in [5.41, 5.74) is 1.07. The highest BCUT2D eigenvalue weighted by Gasteiger charge is 2.15. The first-order valence-corrected chi connectivity index (χ1v) is 6.91. The fraction of sp³-hybridized carbons (Fsp3) is 0.308. The number of nitrogens with one attached hydrogen (secondary N) is 1. The van der Waals surface area contributed by atoms with E-state index < -0.39 is 0 Å². The summed E-state index contributed by atoms with van der Waals surface area (Å²) in [6, 6.07) is 1.62. The summed E-state index contributed by atoms with van der Waals surface area (Å²) in [7, 11) is 1.32. The largest absolute Gasteiger partial charge is 0.469 e. The van der Waals surface area contributed by atoms with Gasteiger partial charge in [0.1, 0.15) is 5.76 Å². The van der Waals surface area contributed by atoms with Gasteiger partial charge in [0, 0.05) is 11.8 Å². The maximum absolute atomic E-state index is 12.0. The molecule has 0 atom stereocenters. The van der Waals surface area contributed by atoms with Gasteiger partial charge in [-0.2, -0.15) is 0 Å². The van der Waals surface area contributed by atoms with Crippen molar-refractivity contribution in [1.29, 1.82) is 0 Å². The third-order valence-electron chi connectivity index (χ3n) is 2.64. The zero-order chi connectivity index (χ0) is 14.5. The van der Waals surface area contributed by atoms with E-state index in [9.17, 15) is 9.59 Å². The van der Waals surface area contributed by atoms with Crippen LogP contribution in [-0.2, 0) is 22.4 Å². The Bertz CT molecular complexity index is 617. The lowest BCUT2D eigenvalue weighted by atomic mass is 10.2. The number of amides is 1. The minimum atomic E-state index is -0.365. The highest BCUT2D eigenvalue weighted by atomic mass is 32.1. The second-order valence-electron chi connectivity index (χ2n) is 3.96. The molecule has 2 aromatic rings. The van der Waals surface area contributed by atoms with E-state index in [-0.39, 0.29) is 18.3 Å². The summed E-state index contributed by atoms with van der Waals surface area (Å²) in [6.07, 6.45) is 2.22. The van der Waals surface area contributed by atoms with E-state index in [2.05, 4.69) is 15.0 Å². The number of hydrogen-bond acceptors (Lipinski definition) is 6. The van der Waals surface area contributed by atoms with E-state index in [0.717, 1.165) is 0 Å². The number of aromatic nitrogens is 1. The molecule has 0 aromatic carbocycles. The molecule has 7 heteroatoms. The molecule has 0 fully saturated rings. The monoisotopic (exact) mass is 294 g/mol. The maximum atomic E-state index is 12.0. The van der Waals surface area contributed by atoms with E-state index in [1.165, 1.54) is 24.7 Å². The SMILES string of the molecule is CCc1occc1C(=O)Nc1nc(CC(=O)OC)cs1. The zero-order valence-electron chi connectivity index (χ0n) is 11.1. The number of aryl methyl sites for hydroxylation is 1. The Morgan fingerprint density at radius 2 is 2.30 bits per heavy atom. The van der Waals surface area contributed by atoms with E-state index in [1.807, 2.05) is 6.92 Å². The molecule has 20 heavy (non-hydrogen) atoms. The molecular formula is C13H14N2O4S. The summed E-state index contributed by atoms with van der Waals surface area (Å²) in [4.78, 5) is 27.3. The Balaban J connectivity index is 2.03. The third kappa shape index (κ3) is 3.24. The van der Waals surface area contributed by atoms with Crippen LogP contribution in [0.3, 0.4) is 0 Å². The fourth-order valence-corrected chi connectivity index (χ4v) is 2.35. The Morgan fingerprint density at radius 3 is 3.00 bits per heavy atom. The van der Waals surface area contributed by atoms with Crippen molar-refractivity contribution < 1.29 is 18.7 Å². The molecule has 0 aliphatic rings. The molecule has 1 N–H and O–H groups in total. The first-order valence-electron chi connectivity index (χ1n) is 6.03. The van der Waals surface area contributed by atoms with Gasteiger partial charge in [-0.15, -0.1) is 11.3 Å². The van der Waals surface area contributed by atoms with Gasteiger partial charge in [0.05, 0.1) is 31.1 Å². The first-order chi connectivity index (χ1) is 9.63. The van der Waals surface area contributed by atoms with E-state index in [1.54, 1.807) is 11.4 Å². The molecule has 0 unspecified atom stereocenters. The number of rotatable bonds is 5. The van der Waals surface area contributed by atoms with Crippen LogP contribution in [0.25, 0.3) is 0 Å². The molecule has 106 valence electrons. The van der Waals surface area contributed by atoms with Gasteiger partial charge in [0.2, 0.25) is 0 Å². The lowest BCUT2D eigenvalue weighted by Crippen LogP contribution is -2.13. The molecule has 0 radical (unpaired) electrons. The van der Waals surface area contributed by atoms with Crippen LogP contribution in [0.5, 0.6) is 0 Å². The minimum Gasteiger partial charge on any atom is -0.469 e. The van der Waals surface area contributed by atoms with E-state index in [0.29, 0.717) is 28.6 Å². The lowest BCUT2D eigenvalue weighted by Gasteiger charge is -2.00. The van der Waals surface area contributed by atoms with Crippen LogP contribution in [0.4, 0.5) is 5.13 Å². The molecule has 0 saturated heterocycles. The second-order valence-corrected chi connectivity index (χ2v) is 4.82. The van der Waals surface area contributed by atoms with Gasteiger partial charge >= 0.3 is 5.97 Å². The highest BCUT2D eigenvalue weighted by Crippen LogP contribution is 2.19. The number of methoxy groups -OCH3 is 1. The van der Waals surface area contributed by atoms with Crippen molar-refractivity contribution in [3.63, 3.8) is 0 Å². The number of carbonyl (C=O) groups excluding carboxylic acids is 2. The molecule has 2 aromatic heterocycles. The number of esters is 1. The van der Waals surface area contributed by atoms with Crippen LogP contribution in [0.2, 0.25) is 0 Å². The number of carbonyl (C=O) groups is 2. The van der Waals surface area contributed by atoms with Crippen LogP contribution in [-0.4, -0.2) is 24.0 Å². The van der Waals surface area contributed by atoms with Gasteiger partial charge in [-0.3, -0.25) is 14.9 Å². The quantitative estimate of drug-likeness (QED) is 0.855. The molecular weight excluding hydrogens is 280 g/mol. The van der Waals surface area contributed by atoms with Crippen molar-refractivity contribution in [2.45, 2.75) is 19.8 Å². The third-order valence-corrected chi connectivity index (χ3v) is 3.44. The topological polar surface area (TPSA) is 81.4 Å². The second kappa shape index (κ2) is 6.33. The summed E-state index contributed by atoms with van der Waals surface area (Å²) in [6.45, 7) is 1.91.